The molecule has 80 valence electrons. The molecule has 0 saturated carbocycles. The topological polar surface area (TPSA) is 60.2 Å². The van der Waals surface area contributed by atoms with Crippen LogP contribution in [0, 0.1) is 0 Å². The third-order valence-electron chi connectivity index (χ3n) is 1.62. The van der Waals surface area contributed by atoms with Gasteiger partial charge in [-0.25, -0.2) is 0 Å². The van der Waals surface area contributed by atoms with Crippen LogP contribution in [0.25, 0.3) is 0 Å². The molecule has 0 amide bonds. The second kappa shape index (κ2) is 6.50. The Balaban J connectivity index is 2.27. The fourth-order valence-electron chi connectivity index (χ4n) is 0.961. The zero-order valence-electron chi connectivity index (χ0n) is 8.75. The molecule has 0 atom stereocenters. The van der Waals surface area contributed by atoms with E-state index >= 15 is 0 Å². The first-order valence-corrected chi connectivity index (χ1v) is 4.96. The molecule has 5 nitrogen and oxygen atoms in total. The van der Waals surface area contributed by atoms with Crippen molar-refractivity contribution in [2.75, 3.05) is 13.2 Å². The highest BCUT2D eigenvalue weighted by Crippen LogP contribution is 1.99. The molecule has 14 heavy (non-hydrogen) atoms. The van der Waals surface area contributed by atoms with E-state index in [2.05, 4.69) is 22.4 Å². The fraction of sp³-hybridized carbons (Fsp3) is 0.778. The van der Waals surface area contributed by atoms with E-state index in [1.807, 2.05) is 6.92 Å². The standard InChI is InChI=1S/C9H17N3O2/c1-3-5-13-7-9-11-8(12-14-9)6-10-4-2/h10H,3-7H2,1-2H3. The lowest BCUT2D eigenvalue weighted by atomic mass is 10.5. The van der Waals surface area contributed by atoms with E-state index in [0.717, 1.165) is 19.6 Å². The van der Waals surface area contributed by atoms with Crippen LogP contribution in [0.1, 0.15) is 32.0 Å². The van der Waals surface area contributed by atoms with Crippen LogP contribution in [0.4, 0.5) is 0 Å². The molecule has 0 radical (unpaired) electrons. The van der Waals surface area contributed by atoms with Crippen LogP contribution in [0.5, 0.6) is 0 Å². The second-order valence-corrected chi connectivity index (χ2v) is 2.94. The summed E-state index contributed by atoms with van der Waals surface area (Å²) < 4.78 is 10.3. The molecule has 0 spiro atoms. The van der Waals surface area contributed by atoms with Gasteiger partial charge in [-0.05, 0) is 13.0 Å². The van der Waals surface area contributed by atoms with Gasteiger partial charge >= 0.3 is 0 Å². The third kappa shape index (κ3) is 3.85. The van der Waals surface area contributed by atoms with E-state index in [9.17, 15) is 0 Å². The Hall–Kier alpha value is -0.940. The third-order valence-corrected chi connectivity index (χ3v) is 1.62. The van der Waals surface area contributed by atoms with E-state index in [-0.39, 0.29) is 0 Å². The Kier molecular flexibility index (Phi) is 5.17. The Morgan fingerprint density at radius 1 is 1.43 bits per heavy atom. The summed E-state index contributed by atoms with van der Waals surface area (Å²) in [7, 11) is 0. The van der Waals surface area contributed by atoms with Crippen molar-refractivity contribution >= 4 is 0 Å². The number of nitrogens with zero attached hydrogens (tertiary/aromatic N) is 2. The van der Waals surface area contributed by atoms with Gasteiger partial charge in [0, 0.05) is 6.61 Å². The number of ether oxygens (including phenoxy) is 1. The van der Waals surface area contributed by atoms with Gasteiger partial charge in [-0.1, -0.05) is 19.0 Å². The number of nitrogens with one attached hydrogen (secondary N) is 1. The normalized spacial score (nSPS) is 10.7. The van der Waals surface area contributed by atoms with E-state index in [4.69, 9.17) is 9.26 Å². The van der Waals surface area contributed by atoms with Crippen LogP contribution in [-0.2, 0) is 17.9 Å². The van der Waals surface area contributed by atoms with Crippen molar-refractivity contribution in [2.24, 2.45) is 0 Å². The number of hydrogen-bond acceptors (Lipinski definition) is 5. The highest BCUT2D eigenvalue weighted by molar-refractivity contribution is 4.84. The predicted molar refractivity (Wildman–Crippen MR) is 51.6 cm³/mol. The number of hydrogen-bond donors (Lipinski definition) is 1. The van der Waals surface area contributed by atoms with Crippen molar-refractivity contribution < 1.29 is 9.26 Å². The Morgan fingerprint density at radius 3 is 3.00 bits per heavy atom. The lowest BCUT2D eigenvalue weighted by Gasteiger charge is -1.95. The van der Waals surface area contributed by atoms with Crippen LogP contribution in [-0.4, -0.2) is 23.3 Å². The van der Waals surface area contributed by atoms with Gasteiger partial charge < -0.3 is 14.6 Å². The zero-order valence-corrected chi connectivity index (χ0v) is 8.75. The molecule has 1 rings (SSSR count). The van der Waals surface area contributed by atoms with Crippen molar-refractivity contribution in [3.63, 3.8) is 0 Å². The van der Waals surface area contributed by atoms with Gasteiger partial charge in [0.05, 0.1) is 6.54 Å². The summed E-state index contributed by atoms with van der Waals surface area (Å²) in [6.07, 6.45) is 0.998. The SMILES string of the molecule is CCCOCc1nc(CNCC)no1. The highest BCUT2D eigenvalue weighted by atomic mass is 16.5. The summed E-state index contributed by atoms with van der Waals surface area (Å²) in [6, 6.07) is 0. The number of aromatic nitrogens is 2. The summed E-state index contributed by atoms with van der Waals surface area (Å²) in [5, 5.41) is 6.92. The van der Waals surface area contributed by atoms with Gasteiger partial charge in [0.15, 0.2) is 5.82 Å². The maximum Gasteiger partial charge on any atom is 0.252 e. The minimum atomic E-state index is 0.410. The molecule has 5 heteroatoms. The minimum absolute atomic E-state index is 0.410. The van der Waals surface area contributed by atoms with Crippen LogP contribution in [0.15, 0.2) is 4.52 Å². The molecule has 1 aromatic heterocycles. The van der Waals surface area contributed by atoms with Crippen LogP contribution < -0.4 is 5.32 Å². The molecule has 0 aliphatic rings. The molecule has 0 bridgehead atoms. The smallest absolute Gasteiger partial charge is 0.252 e. The van der Waals surface area contributed by atoms with E-state index in [1.165, 1.54) is 0 Å². The molecule has 1 N–H and O–H groups in total. The molecule has 0 aliphatic carbocycles. The first-order valence-electron chi connectivity index (χ1n) is 4.96. The van der Waals surface area contributed by atoms with Crippen LogP contribution in [0.2, 0.25) is 0 Å². The largest absolute Gasteiger partial charge is 0.372 e. The van der Waals surface area contributed by atoms with Crippen LogP contribution >= 0.6 is 0 Å². The molecule has 1 aromatic rings. The van der Waals surface area contributed by atoms with Gasteiger partial charge in [0.2, 0.25) is 0 Å². The Morgan fingerprint density at radius 2 is 2.29 bits per heavy atom. The molecular formula is C9H17N3O2. The first kappa shape index (κ1) is 11.1. The molecule has 0 saturated heterocycles. The summed E-state index contributed by atoms with van der Waals surface area (Å²) in [4.78, 5) is 4.15. The summed E-state index contributed by atoms with van der Waals surface area (Å²) in [6.45, 7) is 6.78. The predicted octanol–water partition coefficient (Wildman–Crippen LogP) is 1.11. The fourth-order valence-corrected chi connectivity index (χ4v) is 0.961. The van der Waals surface area contributed by atoms with Crippen molar-refractivity contribution in [3.05, 3.63) is 11.7 Å². The summed E-state index contributed by atoms with van der Waals surface area (Å²) in [5.74, 6) is 1.23. The summed E-state index contributed by atoms with van der Waals surface area (Å²) in [5.41, 5.74) is 0. The van der Waals surface area contributed by atoms with Crippen molar-refractivity contribution in [2.45, 2.75) is 33.4 Å². The minimum Gasteiger partial charge on any atom is -0.372 e. The molecule has 1 heterocycles. The maximum atomic E-state index is 5.27. The van der Waals surface area contributed by atoms with Gasteiger partial charge in [-0.2, -0.15) is 4.98 Å². The molecular weight excluding hydrogens is 182 g/mol. The number of rotatable bonds is 7. The summed E-state index contributed by atoms with van der Waals surface area (Å²) >= 11 is 0. The second-order valence-electron chi connectivity index (χ2n) is 2.94. The molecule has 0 unspecified atom stereocenters. The highest BCUT2D eigenvalue weighted by Gasteiger charge is 2.04. The maximum absolute atomic E-state index is 5.27. The Bertz CT molecular complexity index is 250. The van der Waals surface area contributed by atoms with Gasteiger partial charge in [0.25, 0.3) is 5.89 Å². The zero-order chi connectivity index (χ0) is 10.2. The Labute approximate surface area is 83.8 Å². The van der Waals surface area contributed by atoms with E-state index in [0.29, 0.717) is 24.9 Å². The molecule has 0 aromatic carbocycles. The average molecular weight is 199 g/mol. The van der Waals surface area contributed by atoms with Crippen molar-refractivity contribution in [1.82, 2.24) is 15.5 Å². The lowest BCUT2D eigenvalue weighted by molar-refractivity contribution is 0.0981. The van der Waals surface area contributed by atoms with Gasteiger partial charge in [0.1, 0.15) is 6.61 Å². The van der Waals surface area contributed by atoms with E-state index in [1.54, 1.807) is 0 Å². The monoisotopic (exact) mass is 199 g/mol. The van der Waals surface area contributed by atoms with Crippen molar-refractivity contribution in [1.29, 1.82) is 0 Å². The van der Waals surface area contributed by atoms with Gasteiger partial charge in [-0.15, -0.1) is 0 Å². The quantitative estimate of drug-likeness (QED) is 0.666. The van der Waals surface area contributed by atoms with E-state index < -0.39 is 0 Å². The van der Waals surface area contributed by atoms with Crippen LogP contribution in [0.3, 0.4) is 0 Å². The molecule has 0 aliphatic heterocycles. The van der Waals surface area contributed by atoms with Crippen molar-refractivity contribution in [3.8, 4) is 0 Å². The molecule has 0 fully saturated rings. The first-order chi connectivity index (χ1) is 6.86. The lowest BCUT2D eigenvalue weighted by Crippen LogP contribution is -2.12. The average Bonchev–Trinajstić information content (AvgIpc) is 2.63. The van der Waals surface area contributed by atoms with Gasteiger partial charge in [-0.3, -0.25) is 0 Å².